The van der Waals surface area contributed by atoms with Gasteiger partial charge in [0.2, 0.25) is 0 Å². The van der Waals surface area contributed by atoms with Gasteiger partial charge in [-0.2, -0.15) is 0 Å². The molecule has 2 amide bonds. The smallest absolute Gasteiger partial charge is 0.406 e. The van der Waals surface area contributed by atoms with Gasteiger partial charge in [-0.1, -0.05) is 41.4 Å². The van der Waals surface area contributed by atoms with Crippen molar-refractivity contribution in [3.63, 3.8) is 0 Å². The number of benzene rings is 3. The molecule has 2 unspecified atom stereocenters. The minimum Gasteiger partial charge on any atom is -0.406 e. The van der Waals surface area contributed by atoms with E-state index in [9.17, 15) is 18.0 Å². The second kappa shape index (κ2) is 8.39. The molecular weight excluding hydrogens is 441 g/mol. The molecule has 166 valence electrons. The first-order valence-corrected chi connectivity index (χ1v) is 10.3. The first-order chi connectivity index (χ1) is 15.1. The van der Waals surface area contributed by atoms with E-state index >= 15 is 0 Å². The average Bonchev–Trinajstić information content (AvgIpc) is 2.98. The van der Waals surface area contributed by atoms with Crippen LogP contribution in [0.2, 0.25) is 5.02 Å². The number of carbonyl (C=O) groups excluding carboxylic acids is 1. The van der Waals surface area contributed by atoms with Gasteiger partial charge in [-0.15, -0.1) is 13.2 Å². The van der Waals surface area contributed by atoms with E-state index in [0.29, 0.717) is 22.0 Å². The van der Waals surface area contributed by atoms with Crippen LogP contribution < -0.4 is 14.5 Å². The number of amides is 2. The molecule has 1 aliphatic heterocycles. The van der Waals surface area contributed by atoms with E-state index in [4.69, 9.17) is 11.6 Å². The van der Waals surface area contributed by atoms with Gasteiger partial charge in [0.25, 0.3) is 0 Å². The van der Waals surface area contributed by atoms with Crippen LogP contribution in [-0.4, -0.2) is 18.4 Å². The van der Waals surface area contributed by atoms with Crippen LogP contribution in [-0.2, 0) is 0 Å². The lowest BCUT2D eigenvalue weighted by atomic mass is 9.99. The van der Waals surface area contributed by atoms with Crippen molar-refractivity contribution in [1.82, 2.24) is 0 Å². The normalized spacial score (nSPS) is 18.9. The predicted molar refractivity (Wildman–Crippen MR) is 118 cm³/mol. The molecule has 32 heavy (non-hydrogen) atoms. The van der Waals surface area contributed by atoms with Crippen LogP contribution >= 0.6 is 11.6 Å². The molecule has 3 aromatic rings. The van der Waals surface area contributed by atoms with Crippen molar-refractivity contribution < 1.29 is 22.7 Å². The largest absolute Gasteiger partial charge is 0.573 e. The first-order valence-electron chi connectivity index (χ1n) is 9.94. The zero-order chi connectivity index (χ0) is 23.0. The number of alkyl halides is 3. The number of urea groups is 1. The monoisotopic (exact) mass is 460 g/mol. The van der Waals surface area contributed by atoms with Gasteiger partial charge in [0, 0.05) is 16.4 Å². The molecular formula is C24H20ClF3N2O2. The number of carbonyl (C=O) groups is 1. The fraction of sp³-hybridized carbons (Fsp3) is 0.208. The third kappa shape index (κ3) is 4.39. The third-order valence-corrected chi connectivity index (χ3v) is 5.66. The molecule has 0 saturated carbocycles. The van der Waals surface area contributed by atoms with E-state index < -0.39 is 12.4 Å². The molecule has 0 aliphatic carbocycles. The lowest BCUT2D eigenvalue weighted by Gasteiger charge is -2.26. The maximum absolute atomic E-state index is 13.6. The Morgan fingerprint density at radius 1 is 0.906 bits per heavy atom. The lowest BCUT2D eigenvalue weighted by molar-refractivity contribution is -0.274. The van der Waals surface area contributed by atoms with Crippen LogP contribution in [0.1, 0.15) is 24.1 Å². The second-order valence-electron chi connectivity index (χ2n) is 7.64. The molecule has 8 heteroatoms. The van der Waals surface area contributed by atoms with E-state index in [-0.39, 0.29) is 17.8 Å². The molecule has 0 N–H and O–H groups in total. The summed E-state index contributed by atoms with van der Waals surface area (Å²) in [7, 11) is 0. The van der Waals surface area contributed by atoms with Crippen molar-refractivity contribution in [2.45, 2.75) is 32.3 Å². The molecule has 4 rings (SSSR count). The van der Waals surface area contributed by atoms with Gasteiger partial charge in [0.05, 0.1) is 12.1 Å². The van der Waals surface area contributed by atoms with Gasteiger partial charge >= 0.3 is 12.4 Å². The van der Waals surface area contributed by atoms with Crippen LogP contribution in [0.4, 0.5) is 29.3 Å². The molecule has 1 aliphatic rings. The number of ether oxygens (including phenoxy) is 1. The first kappa shape index (κ1) is 22.0. The molecule has 3 aromatic carbocycles. The summed E-state index contributed by atoms with van der Waals surface area (Å²) < 4.78 is 42.4. The molecule has 0 spiro atoms. The highest BCUT2D eigenvalue weighted by Gasteiger charge is 2.46. The molecule has 0 radical (unpaired) electrons. The highest BCUT2D eigenvalue weighted by molar-refractivity contribution is 6.30. The number of nitrogens with zero attached hydrogens (tertiary/aromatic N) is 2. The second-order valence-corrected chi connectivity index (χ2v) is 8.08. The minimum atomic E-state index is -4.81. The summed E-state index contributed by atoms with van der Waals surface area (Å²) >= 11 is 6.02. The number of rotatable bonds is 4. The SMILES string of the molecule is Cc1ccc(N2C(=O)N(c3ccc(Cl)cc3)C(c3cccc(OC(F)(F)F)c3)C2C)cc1. The van der Waals surface area contributed by atoms with Crippen molar-refractivity contribution in [2.75, 3.05) is 9.80 Å². The van der Waals surface area contributed by atoms with E-state index in [1.54, 1.807) is 40.1 Å². The number of hydrogen-bond donors (Lipinski definition) is 0. The number of aryl methyl sites for hydroxylation is 1. The highest BCUT2D eigenvalue weighted by atomic mass is 35.5. The molecule has 1 heterocycles. The number of anilines is 2. The molecule has 4 nitrogen and oxygen atoms in total. The van der Waals surface area contributed by atoms with Crippen LogP contribution in [0, 0.1) is 6.92 Å². The van der Waals surface area contributed by atoms with E-state index in [1.807, 2.05) is 38.1 Å². The van der Waals surface area contributed by atoms with Crippen LogP contribution in [0.3, 0.4) is 0 Å². The predicted octanol–water partition coefficient (Wildman–Crippen LogP) is 7.12. The van der Waals surface area contributed by atoms with Crippen molar-refractivity contribution >= 4 is 29.0 Å². The Labute approximate surface area is 188 Å². The summed E-state index contributed by atoms with van der Waals surface area (Å²) in [4.78, 5) is 16.8. The quantitative estimate of drug-likeness (QED) is 0.415. The molecule has 2 atom stereocenters. The van der Waals surface area contributed by atoms with Crippen LogP contribution in [0.25, 0.3) is 0 Å². The molecule has 0 aromatic heterocycles. The molecule has 1 saturated heterocycles. The standard InChI is InChI=1S/C24H20ClF3N2O2/c1-15-6-10-19(11-7-15)29-16(2)22(17-4-3-5-21(14-17)32-24(26,27)28)30(23(29)31)20-12-8-18(25)9-13-20/h3-14,16,22H,1-2H3. The fourth-order valence-corrected chi connectivity index (χ4v) is 4.14. The highest BCUT2D eigenvalue weighted by Crippen LogP contribution is 2.42. The van der Waals surface area contributed by atoms with Crippen molar-refractivity contribution in [3.8, 4) is 5.75 Å². The Bertz CT molecular complexity index is 1120. The van der Waals surface area contributed by atoms with Gasteiger partial charge in [-0.3, -0.25) is 9.80 Å². The maximum Gasteiger partial charge on any atom is 0.573 e. The Hall–Kier alpha value is -3.19. The Kier molecular flexibility index (Phi) is 5.77. The summed E-state index contributed by atoms with van der Waals surface area (Å²) in [6.07, 6.45) is -4.81. The maximum atomic E-state index is 13.6. The van der Waals surface area contributed by atoms with Gasteiger partial charge in [-0.05, 0) is 67.9 Å². The van der Waals surface area contributed by atoms with Gasteiger partial charge in [0.1, 0.15) is 5.75 Å². The average molecular weight is 461 g/mol. The van der Waals surface area contributed by atoms with Gasteiger partial charge < -0.3 is 4.74 Å². The van der Waals surface area contributed by atoms with E-state index in [2.05, 4.69) is 4.74 Å². The Morgan fingerprint density at radius 2 is 1.50 bits per heavy atom. The summed E-state index contributed by atoms with van der Waals surface area (Å²) in [6, 6.07) is 18.8. The van der Waals surface area contributed by atoms with Gasteiger partial charge in [-0.25, -0.2) is 4.79 Å². The van der Waals surface area contributed by atoms with Crippen LogP contribution in [0.5, 0.6) is 5.75 Å². The van der Waals surface area contributed by atoms with Gasteiger partial charge in [0.15, 0.2) is 0 Å². The molecule has 1 fully saturated rings. The van der Waals surface area contributed by atoms with Crippen molar-refractivity contribution in [2.24, 2.45) is 0 Å². The summed E-state index contributed by atoms with van der Waals surface area (Å²) in [5.74, 6) is -0.334. The van der Waals surface area contributed by atoms with Crippen molar-refractivity contribution in [3.05, 3.63) is 88.9 Å². The minimum absolute atomic E-state index is 0.282. The Morgan fingerprint density at radius 3 is 2.12 bits per heavy atom. The summed E-state index contributed by atoms with van der Waals surface area (Å²) in [6.45, 7) is 3.82. The number of halogens is 4. The molecule has 0 bridgehead atoms. The summed E-state index contributed by atoms with van der Waals surface area (Å²) in [5, 5.41) is 0.515. The van der Waals surface area contributed by atoms with Crippen LogP contribution in [0.15, 0.2) is 72.8 Å². The lowest BCUT2D eigenvalue weighted by Crippen LogP contribution is -2.33. The van der Waals surface area contributed by atoms with E-state index in [1.165, 1.54) is 18.2 Å². The van der Waals surface area contributed by atoms with Crippen molar-refractivity contribution in [1.29, 1.82) is 0 Å². The Balaban J connectivity index is 1.80. The zero-order valence-electron chi connectivity index (χ0n) is 17.3. The third-order valence-electron chi connectivity index (χ3n) is 5.40. The fourth-order valence-electron chi connectivity index (χ4n) is 4.01. The zero-order valence-corrected chi connectivity index (χ0v) is 18.1. The number of hydrogen-bond acceptors (Lipinski definition) is 2. The summed E-state index contributed by atoms with van der Waals surface area (Å²) in [5.41, 5.74) is 2.87. The topological polar surface area (TPSA) is 32.8 Å². The van der Waals surface area contributed by atoms with E-state index in [0.717, 1.165) is 5.56 Å².